The number of aliphatic hydroxyl groups excluding tert-OH is 1. The number of benzene rings is 1. The van der Waals surface area contributed by atoms with Crippen molar-refractivity contribution < 1.29 is 9.50 Å². The van der Waals surface area contributed by atoms with Gasteiger partial charge in [0.25, 0.3) is 0 Å². The lowest BCUT2D eigenvalue weighted by Gasteiger charge is -2.26. The van der Waals surface area contributed by atoms with Crippen LogP contribution < -0.4 is 5.32 Å². The van der Waals surface area contributed by atoms with Crippen LogP contribution in [0.25, 0.3) is 0 Å². The van der Waals surface area contributed by atoms with Crippen LogP contribution in [-0.2, 0) is 6.54 Å². The molecule has 2 rings (SSSR count). The second-order valence-electron chi connectivity index (χ2n) is 4.63. The molecular weight excluding hydrogens is 241 g/mol. The third-order valence-electron chi connectivity index (χ3n) is 3.28. The maximum Gasteiger partial charge on any atom is 0.142 e. The zero-order valence-corrected chi connectivity index (χ0v) is 10.4. The first-order valence-corrected chi connectivity index (χ1v) is 6.38. The van der Waals surface area contributed by atoms with E-state index in [-0.39, 0.29) is 16.9 Å². The van der Waals surface area contributed by atoms with Crippen molar-refractivity contribution in [3.05, 3.63) is 34.6 Å². The smallest absolute Gasteiger partial charge is 0.142 e. The Bertz CT molecular complexity index is 378. The Kier molecular flexibility index (Phi) is 4.37. The Labute approximate surface area is 106 Å². The van der Waals surface area contributed by atoms with Crippen molar-refractivity contribution in [3.8, 4) is 0 Å². The Hall–Kier alpha value is -0.640. The van der Waals surface area contributed by atoms with E-state index in [1.165, 1.54) is 6.07 Å². The summed E-state index contributed by atoms with van der Waals surface area (Å²) in [7, 11) is 0. The van der Waals surface area contributed by atoms with Gasteiger partial charge >= 0.3 is 0 Å². The van der Waals surface area contributed by atoms with Crippen LogP contribution >= 0.6 is 11.6 Å². The Morgan fingerprint density at radius 1 is 1.29 bits per heavy atom. The first-order chi connectivity index (χ1) is 8.15. The van der Waals surface area contributed by atoms with Crippen LogP contribution in [0, 0.1) is 5.82 Å². The molecule has 0 aliphatic heterocycles. The van der Waals surface area contributed by atoms with Crippen LogP contribution in [0.4, 0.5) is 4.39 Å². The summed E-state index contributed by atoms with van der Waals surface area (Å²) in [5.41, 5.74) is 0.901. The molecular formula is C13H17ClFNO. The summed E-state index contributed by atoms with van der Waals surface area (Å²) in [4.78, 5) is 0. The molecule has 0 radical (unpaired) electrons. The van der Waals surface area contributed by atoms with Crippen LogP contribution in [0.3, 0.4) is 0 Å². The van der Waals surface area contributed by atoms with Gasteiger partial charge < -0.3 is 10.4 Å². The first kappa shape index (κ1) is 12.8. The van der Waals surface area contributed by atoms with Gasteiger partial charge in [0.2, 0.25) is 0 Å². The van der Waals surface area contributed by atoms with Crippen molar-refractivity contribution in [1.29, 1.82) is 0 Å². The fourth-order valence-corrected chi connectivity index (χ4v) is 2.31. The monoisotopic (exact) mass is 257 g/mol. The van der Waals surface area contributed by atoms with Gasteiger partial charge in [0.15, 0.2) is 0 Å². The van der Waals surface area contributed by atoms with Crippen molar-refractivity contribution in [2.45, 2.75) is 44.4 Å². The molecule has 0 atom stereocenters. The molecule has 0 saturated heterocycles. The van der Waals surface area contributed by atoms with E-state index in [9.17, 15) is 9.50 Å². The topological polar surface area (TPSA) is 32.3 Å². The Morgan fingerprint density at radius 2 is 2.00 bits per heavy atom. The average molecular weight is 258 g/mol. The van der Waals surface area contributed by atoms with Gasteiger partial charge in [0.05, 0.1) is 11.1 Å². The van der Waals surface area contributed by atoms with Crippen LogP contribution in [0.2, 0.25) is 5.02 Å². The molecule has 17 heavy (non-hydrogen) atoms. The molecule has 4 heteroatoms. The van der Waals surface area contributed by atoms with Crippen molar-refractivity contribution in [1.82, 2.24) is 5.32 Å². The highest BCUT2D eigenvalue weighted by atomic mass is 35.5. The van der Waals surface area contributed by atoms with Gasteiger partial charge in [0.1, 0.15) is 5.82 Å². The summed E-state index contributed by atoms with van der Waals surface area (Å²) in [6, 6.07) is 5.30. The van der Waals surface area contributed by atoms with Crippen LogP contribution in [0.5, 0.6) is 0 Å². The number of halogens is 2. The van der Waals surface area contributed by atoms with Crippen molar-refractivity contribution >= 4 is 11.6 Å². The highest BCUT2D eigenvalue weighted by Crippen LogP contribution is 2.19. The molecule has 2 N–H and O–H groups in total. The molecule has 94 valence electrons. The maximum atomic E-state index is 13.2. The summed E-state index contributed by atoms with van der Waals surface area (Å²) in [6.07, 6.45) is 3.54. The normalized spacial score (nSPS) is 24.9. The molecule has 0 bridgehead atoms. The minimum absolute atomic E-state index is 0.138. The standard InChI is InChI=1S/C13H17ClFNO/c14-12-6-1-9(7-13(12)15)8-16-10-2-4-11(17)5-3-10/h1,6-7,10-11,16-17H,2-5,8H2. The zero-order chi connectivity index (χ0) is 12.3. The fraction of sp³-hybridized carbons (Fsp3) is 0.538. The third-order valence-corrected chi connectivity index (χ3v) is 3.58. The summed E-state index contributed by atoms with van der Waals surface area (Å²) < 4.78 is 13.2. The molecule has 0 spiro atoms. The summed E-state index contributed by atoms with van der Waals surface area (Å²) in [6.45, 7) is 0.648. The van der Waals surface area contributed by atoms with Crippen molar-refractivity contribution in [2.24, 2.45) is 0 Å². The van der Waals surface area contributed by atoms with E-state index in [4.69, 9.17) is 11.6 Å². The van der Waals surface area contributed by atoms with E-state index >= 15 is 0 Å². The molecule has 1 aliphatic rings. The zero-order valence-electron chi connectivity index (χ0n) is 9.63. The van der Waals surface area contributed by atoms with E-state index in [0.717, 1.165) is 31.2 Å². The molecule has 1 aromatic rings. The first-order valence-electron chi connectivity index (χ1n) is 6.00. The highest BCUT2D eigenvalue weighted by molar-refractivity contribution is 6.30. The van der Waals surface area contributed by atoms with Crippen molar-refractivity contribution in [3.63, 3.8) is 0 Å². The molecule has 0 unspecified atom stereocenters. The quantitative estimate of drug-likeness (QED) is 0.873. The van der Waals surface area contributed by atoms with Gasteiger partial charge in [-0.05, 0) is 43.4 Å². The predicted octanol–water partition coefficient (Wildman–Crippen LogP) is 2.87. The molecule has 0 aromatic heterocycles. The Balaban J connectivity index is 1.83. The minimum Gasteiger partial charge on any atom is -0.393 e. The number of rotatable bonds is 3. The molecule has 1 aromatic carbocycles. The van der Waals surface area contributed by atoms with E-state index in [1.54, 1.807) is 6.07 Å². The molecule has 1 saturated carbocycles. The van der Waals surface area contributed by atoms with Crippen molar-refractivity contribution in [2.75, 3.05) is 0 Å². The second-order valence-corrected chi connectivity index (χ2v) is 5.04. The van der Waals surface area contributed by atoms with Gasteiger partial charge in [-0.2, -0.15) is 0 Å². The maximum absolute atomic E-state index is 13.2. The summed E-state index contributed by atoms with van der Waals surface area (Å²) in [5.74, 6) is -0.370. The molecule has 1 aliphatic carbocycles. The molecule has 0 amide bonds. The molecule has 1 fully saturated rings. The van der Waals surface area contributed by atoms with Crippen LogP contribution in [0.1, 0.15) is 31.2 Å². The SMILES string of the molecule is OC1CCC(NCc2ccc(Cl)c(F)c2)CC1. The van der Waals surface area contributed by atoms with Gasteiger partial charge in [-0.15, -0.1) is 0 Å². The average Bonchev–Trinajstić information content (AvgIpc) is 2.33. The van der Waals surface area contributed by atoms with Gasteiger partial charge in [-0.1, -0.05) is 17.7 Å². The predicted molar refractivity (Wildman–Crippen MR) is 66.5 cm³/mol. The van der Waals surface area contributed by atoms with Crippen LogP contribution in [0.15, 0.2) is 18.2 Å². The van der Waals surface area contributed by atoms with E-state index < -0.39 is 0 Å². The lowest BCUT2D eigenvalue weighted by Crippen LogP contribution is -2.34. The van der Waals surface area contributed by atoms with Crippen LogP contribution in [-0.4, -0.2) is 17.3 Å². The van der Waals surface area contributed by atoms with Gasteiger partial charge in [0, 0.05) is 12.6 Å². The lowest BCUT2D eigenvalue weighted by molar-refractivity contribution is 0.116. The number of hydrogen-bond acceptors (Lipinski definition) is 2. The third kappa shape index (κ3) is 3.66. The number of hydrogen-bond donors (Lipinski definition) is 2. The minimum atomic E-state index is -0.370. The van der Waals surface area contributed by atoms with E-state index in [0.29, 0.717) is 12.6 Å². The summed E-state index contributed by atoms with van der Waals surface area (Å²) in [5, 5.41) is 12.9. The second kappa shape index (κ2) is 5.80. The highest BCUT2D eigenvalue weighted by Gasteiger charge is 2.18. The van der Waals surface area contributed by atoms with E-state index in [1.807, 2.05) is 6.07 Å². The van der Waals surface area contributed by atoms with E-state index in [2.05, 4.69) is 5.32 Å². The van der Waals surface area contributed by atoms with Gasteiger partial charge in [-0.25, -0.2) is 4.39 Å². The Morgan fingerprint density at radius 3 is 2.65 bits per heavy atom. The summed E-state index contributed by atoms with van der Waals surface area (Å²) >= 11 is 5.62. The largest absolute Gasteiger partial charge is 0.393 e. The number of nitrogens with one attached hydrogen (secondary N) is 1. The lowest BCUT2D eigenvalue weighted by atomic mass is 9.93. The van der Waals surface area contributed by atoms with Gasteiger partial charge in [-0.3, -0.25) is 0 Å². The number of aliphatic hydroxyl groups is 1. The molecule has 2 nitrogen and oxygen atoms in total. The fourth-order valence-electron chi connectivity index (χ4n) is 2.19. The molecule has 0 heterocycles.